The van der Waals surface area contributed by atoms with Crippen molar-refractivity contribution < 1.29 is 0 Å². The maximum absolute atomic E-state index is 3.48. The molecule has 106 valence electrons. The number of rotatable bonds is 11. The van der Waals surface area contributed by atoms with Gasteiger partial charge in [-0.05, 0) is 25.2 Å². The SMILES string of the molecule is CCCCCCCC#CCCC(C)CCCCBr. The van der Waals surface area contributed by atoms with Crippen molar-refractivity contribution in [2.45, 2.75) is 84.5 Å². The highest BCUT2D eigenvalue weighted by atomic mass is 79.9. The van der Waals surface area contributed by atoms with E-state index in [0.29, 0.717) is 0 Å². The molecule has 18 heavy (non-hydrogen) atoms. The second-order valence-corrected chi connectivity index (χ2v) is 6.14. The normalized spacial score (nSPS) is 11.9. The molecule has 0 aromatic heterocycles. The fourth-order valence-corrected chi connectivity index (χ4v) is 2.44. The molecule has 0 aromatic carbocycles. The van der Waals surface area contributed by atoms with Crippen molar-refractivity contribution in [3.05, 3.63) is 0 Å². The van der Waals surface area contributed by atoms with Gasteiger partial charge in [0.15, 0.2) is 0 Å². The zero-order valence-electron chi connectivity index (χ0n) is 12.4. The molecule has 0 aliphatic rings. The van der Waals surface area contributed by atoms with E-state index in [2.05, 4.69) is 41.6 Å². The zero-order chi connectivity index (χ0) is 13.5. The van der Waals surface area contributed by atoms with Gasteiger partial charge in [0.1, 0.15) is 0 Å². The highest BCUT2D eigenvalue weighted by molar-refractivity contribution is 9.09. The second kappa shape index (κ2) is 15.1. The van der Waals surface area contributed by atoms with Crippen LogP contribution in [0.15, 0.2) is 0 Å². The molecule has 0 fully saturated rings. The standard InChI is InChI=1S/C17H31Br/c1-3-4-5-6-7-8-9-10-11-14-17(2)15-12-13-16-18/h17H,3-8,11-16H2,1-2H3. The van der Waals surface area contributed by atoms with Gasteiger partial charge in [-0.2, -0.15) is 0 Å². The van der Waals surface area contributed by atoms with E-state index in [1.54, 1.807) is 0 Å². The Bertz CT molecular complexity index is 211. The van der Waals surface area contributed by atoms with Gasteiger partial charge in [0.05, 0.1) is 0 Å². The first-order valence-electron chi connectivity index (χ1n) is 7.83. The highest BCUT2D eigenvalue weighted by Gasteiger charge is 1.99. The Labute approximate surface area is 123 Å². The summed E-state index contributed by atoms with van der Waals surface area (Å²) in [6.07, 6.45) is 14.3. The molecule has 0 nitrogen and oxygen atoms in total. The molecular weight excluding hydrogens is 284 g/mol. The molecule has 1 heteroatoms. The summed E-state index contributed by atoms with van der Waals surface area (Å²) in [6.45, 7) is 4.62. The van der Waals surface area contributed by atoms with Gasteiger partial charge >= 0.3 is 0 Å². The smallest absolute Gasteiger partial charge is 0.00912 e. The molecule has 1 atom stereocenters. The summed E-state index contributed by atoms with van der Waals surface area (Å²) in [4.78, 5) is 0. The van der Waals surface area contributed by atoms with Gasteiger partial charge in [-0.3, -0.25) is 0 Å². The minimum atomic E-state index is 0.850. The maximum atomic E-state index is 3.48. The first kappa shape index (κ1) is 18.0. The van der Waals surface area contributed by atoms with Gasteiger partial charge in [-0.25, -0.2) is 0 Å². The van der Waals surface area contributed by atoms with Crippen molar-refractivity contribution in [2.24, 2.45) is 5.92 Å². The van der Waals surface area contributed by atoms with Crippen LogP contribution in [-0.2, 0) is 0 Å². The van der Waals surface area contributed by atoms with Gasteiger partial charge in [0.25, 0.3) is 0 Å². The molecule has 0 rings (SSSR count). The summed E-state index contributed by atoms with van der Waals surface area (Å²) in [5.41, 5.74) is 0. The predicted octanol–water partition coefficient (Wildman–Crippen LogP) is 6.33. The van der Waals surface area contributed by atoms with Crippen LogP contribution in [0.1, 0.15) is 84.5 Å². The molecule has 0 aromatic rings. The lowest BCUT2D eigenvalue weighted by molar-refractivity contribution is 0.479. The molecule has 0 aliphatic heterocycles. The summed E-state index contributed by atoms with van der Waals surface area (Å²) in [7, 11) is 0. The topological polar surface area (TPSA) is 0 Å². The average Bonchev–Trinajstić information content (AvgIpc) is 2.37. The van der Waals surface area contributed by atoms with Crippen LogP contribution in [-0.4, -0.2) is 5.33 Å². The molecule has 0 bridgehead atoms. The van der Waals surface area contributed by atoms with Crippen LogP contribution in [0.4, 0.5) is 0 Å². The number of hydrogen-bond acceptors (Lipinski definition) is 0. The lowest BCUT2D eigenvalue weighted by Gasteiger charge is -2.07. The van der Waals surface area contributed by atoms with E-state index >= 15 is 0 Å². The van der Waals surface area contributed by atoms with Crippen LogP contribution in [0.3, 0.4) is 0 Å². The summed E-state index contributed by atoms with van der Waals surface area (Å²) in [5.74, 6) is 7.52. The Kier molecular flexibility index (Phi) is 15.1. The second-order valence-electron chi connectivity index (χ2n) is 5.35. The summed E-state index contributed by atoms with van der Waals surface area (Å²) in [5, 5.41) is 1.15. The number of hydrogen-bond donors (Lipinski definition) is 0. The molecule has 0 amide bonds. The van der Waals surface area contributed by atoms with Crippen LogP contribution in [0.2, 0.25) is 0 Å². The molecule has 0 spiro atoms. The summed E-state index contributed by atoms with van der Waals surface area (Å²) < 4.78 is 0. The van der Waals surface area contributed by atoms with Crippen LogP contribution >= 0.6 is 15.9 Å². The van der Waals surface area contributed by atoms with E-state index in [1.165, 1.54) is 57.8 Å². The lowest BCUT2D eigenvalue weighted by atomic mass is 9.99. The van der Waals surface area contributed by atoms with Crippen LogP contribution in [0.5, 0.6) is 0 Å². The Morgan fingerprint density at radius 1 is 0.833 bits per heavy atom. The molecule has 0 saturated heterocycles. The van der Waals surface area contributed by atoms with Crippen LogP contribution in [0.25, 0.3) is 0 Å². The lowest BCUT2D eigenvalue weighted by Crippen LogP contribution is -1.94. The molecular formula is C17H31Br. The first-order chi connectivity index (χ1) is 8.81. The third-order valence-electron chi connectivity index (χ3n) is 3.37. The molecule has 0 N–H and O–H groups in total. The Morgan fingerprint density at radius 2 is 1.56 bits per heavy atom. The molecule has 0 radical (unpaired) electrons. The fourth-order valence-electron chi connectivity index (χ4n) is 2.04. The van der Waals surface area contributed by atoms with E-state index in [0.717, 1.165) is 24.1 Å². The minimum Gasteiger partial charge on any atom is -0.103 e. The van der Waals surface area contributed by atoms with Gasteiger partial charge in [0.2, 0.25) is 0 Å². The van der Waals surface area contributed by atoms with Gasteiger partial charge in [-0.15, -0.1) is 11.8 Å². The highest BCUT2D eigenvalue weighted by Crippen LogP contribution is 2.14. The summed E-state index contributed by atoms with van der Waals surface area (Å²) in [6, 6.07) is 0. The van der Waals surface area contributed by atoms with Crippen molar-refractivity contribution in [2.75, 3.05) is 5.33 Å². The van der Waals surface area contributed by atoms with Crippen molar-refractivity contribution in [1.29, 1.82) is 0 Å². The summed E-state index contributed by atoms with van der Waals surface area (Å²) >= 11 is 3.48. The van der Waals surface area contributed by atoms with Crippen molar-refractivity contribution in [3.8, 4) is 11.8 Å². The van der Waals surface area contributed by atoms with Gasteiger partial charge in [0, 0.05) is 18.2 Å². The Morgan fingerprint density at radius 3 is 2.28 bits per heavy atom. The van der Waals surface area contributed by atoms with Crippen molar-refractivity contribution in [1.82, 2.24) is 0 Å². The Balaban J connectivity index is 3.26. The average molecular weight is 315 g/mol. The third-order valence-corrected chi connectivity index (χ3v) is 3.93. The van der Waals surface area contributed by atoms with E-state index in [1.807, 2.05) is 0 Å². The largest absolute Gasteiger partial charge is 0.103 e. The Hall–Kier alpha value is 0.0400. The maximum Gasteiger partial charge on any atom is 0.00912 e. The first-order valence-corrected chi connectivity index (χ1v) is 8.95. The van der Waals surface area contributed by atoms with Gasteiger partial charge < -0.3 is 0 Å². The van der Waals surface area contributed by atoms with Gasteiger partial charge in [-0.1, -0.05) is 68.3 Å². The third kappa shape index (κ3) is 14.1. The van der Waals surface area contributed by atoms with Crippen molar-refractivity contribution in [3.63, 3.8) is 0 Å². The molecule has 0 saturated carbocycles. The van der Waals surface area contributed by atoms with Crippen LogP contribution < -0.4 is 0 Å². The van der Waals surface area contributed by atoms with Crippen molar-refractivity contribution >= 4 is 15.9 Å². The van der Waals surface area contributed by atoms with Crippen LogP contribution in [0, 0.1) is 17.8 Å². The molecule has 0 aliphatic carbocycles. The quantitative estimate of drug-likeness (QED) is 0.237. The minimum absolute atomic E-state index is 0.850. The van der Waals surface area contributed by atoms with E-state index in [-0.39, 0.29) is 0 Å². The number of halogens is 1. The predicted molar refractivity (Wildman–Crippen MR) is 87.2 cm³/mol. The monoisotopic (exact) mass is 314 g/mol. The molecule has 0 heterocycles. The van der Waals surface area contributed by atoms with E-state index < -0.39 is 0 Å². The fraction of sp³-hybridized carbons (Fsp3) is 0.882. The van der Waals surface area contributed by atoms with E-state index in [9.17, 15) is 0 Å². The number of unbranched alkanes of at least 4 members (excludes halogenated alkanes) is 6. The zero-order valence-corrected chi connectivity index (χ0v) is 14.0. The van der Waals surface area contributed by atoms with E-state index in [4.69, 9.17) is 0 Å². The molecule has 1 unspecified atom stereocenters. The number of alkyl halides is 1.